The molecule has 0 radical (unpaired) electrons. The van der Waals surface area contributed by atoms with Crippen LogP contribution in [0, 0.1) is 11.8 Å². The fourth-order valence-electron chi connectivity index (χ4n) is 3.37. The first-order chi connectivity index (χ1) is 13.0. The van der Waals surface area contributed by atoms with E-state index in [-0.39, 0.29) is 30.1 Å². The second kappa shape index (κ2) is 13.2. The Bertz CT molecular complexity index is 592. The topological polar surface area (TPSA) is 59.0 Å². The maximum absolute atomic E-state index is 5.96. The van der Waals surface area contributed by atoms with Crippen molar-refractivity contribution in [3.05, 3.63) is 23.9 Å². The number of pyridine rings is 1. The maximum Gasteiger partial charge on any atom is 0.213 e. The molecular formula is C21H37IN4O2. The van der Waals surface area contributed by atoms with Gasteiger partial charge in [-0.15, -0.1) is 24.0 Å². The second-order valence-corrected chi connectivity index (χ2v) is 7.84. The smallest absolute Gasteiger partial charge is 0.213 e. The lowest BCUT2D eigenvalue weighted by Crippen LogP contribution is -2.41. The molecule has 1 aromatic rings. The third-order valence-corrected chi connectivity index (χ3v) is 4.59. The zero-order valence-electron chi connectivity index (χ0n) is 18.0. The van der Waals surface area contributed by atoms with E-state index in [1.807, 2.05) is 12.1 Å². The first kappa shape index (κ1) is 24.9. The van der Waals surface area contributed by atoms with Gasteiger partial charge >= 0.3 is 0 Å². The van der Waals surface area contributed by atoms with Crippen molar-refractivity contribution in [2.24, 2.45) is 16.8 Å². The second-order valence-electron chi connectivity index (χ2n) is 7.84. The lowest BCUT2D eigenvalue weighted by atomic mass is 10.1. The minimum atomic E-state index is 0. The molecule has 6 nitrogen and oxygen atoms in total. The van der Waals surface area contributed by atoms with Crippen LogP contribution in [0.15, 0.2) is 23.3 Å². The van der Waals surface area contributed by atoms with Crippen molar-refractivity contribution in [1.82, 2.24) is 15.2 Å². The van der Waals surface area contributed by atoms with Crippen molar-refractivity contribution < 1.29 is 9.47 Å². The van der Waals surface area contributed by atoms with Crippen LogP contribution in [0.1, 0.15) is 46.1 Å². The first-order valence-electron chi connectivity index (χ1n) is 10.2. The number of nitrogens with zero attached hydrogens (tertiary/aromatic N) is 3. The predicted octanol–water partition coefficient (Wildman–Crippen LogP) is 3.95. The number of nitrogens with one attached hydrogen (secondary N) is 1. The van der Waals surface area contributed by atoms with Crippen LogP contribution >= 0.6 is 24.0 Å². The molecule has 2 atom stereocenters. The first-order valence-corrected chi connectivity index (χ1v) is 10.2. The molecule has 0 amide bonds. The minimum absolute atomic E-state index is 0. The van der Waals surface area contributed by atoms with E-state index >= 15 is 0 Å². The van der Waals surface area contributed by atoms with Gasteiger partial charge in [-0.3, -0.25) is 0 Å². The van der Waals surface area contributed by atoms with Crippen LogP contribution in [-0.4, -0.2) is 55.3 Å². The lowest BCUT2D eigenvalue weighted by molar-refractivity contribution is 0.181. The van der Waals surface area contributed by atoms with E-state index in [4.69, 9.17) is 14.5 Å². The Morgan fingerprint density at radius 1 is 1.43 bits per heavy atom. The molecule has 0 aliphatic carbocycles. The van der Waals surface area contributed by atoms with E-state index in [2.05, 4.69) is 49.9 Å². The van der Waals surface area contributed by atoms with Crippen LogP contribution in [0.25, 0.3) is 0 Å². The van der Waals surface area contributed by atoms with Crippen LogP contribution in [0.4, 0.5) is 0 Å². The molecule has 2 unspecified atom stereocenters. The van der Waals surface area contributed by atoms with E-state index < -0.39 is 0 Å². The minimum Gasteiger partial charge on any atom is -0.475 e. The van der Waals surface area contributed by atoms with Gasteiger partial charge < -0.3 is 19.7 Å². The molecule has 160 valence electrons. The van der Waals surface area contributed by atoms with Crippen molar-refractivity contribution in [3.8, 4) is 5.88 Å². The molecule has 2 heterocycles. The zero-order chi connectivity index (χ0) is 19.6. The molecule has 1 aromatic heterocycles. The summed E-state index contributed by atoms with van der Waals surface area (Å²) in [4.78, 5) is 11.3. The average molecular weight is 504 g/mol. The van der Waals surface area contributed by atoms with Crippen molar-refractivity contribution in [3.63, 3.8) is 0 Å². The van der Waals surface area contributed by atoms with Gasteiger partial charge in [0.05, 0.1) is 19.3 Å². The van der Waals surface area contributed by atoms with E-state index in [0.29, 0.717) is 24.3 Å². The summed E-state index contributed by atoms with van der Waals surface area (Å²) < 4.78 is 11.4. The van der Waals surface area contributed by atoms with E-state index in [9.17, 15) is 0 Å². The van der Waals surface area contributed by atoms with E-state index in [0.717, 1.165) is 50.7 Å². The number of hydrogen-bond acceptors (Lipinski definition) is 4. The molecule has 2 rings (SSSR count). The van der Waals surface area contributed by atoms with Crippen molar-refractivity contribution >= 4 is 29.9 Å². The van der Waals surface area contributed by atoms with Gasteiger partial charge in [-0.25, -0.2) is 9.98 Å². The standard InChI is InChI=1S/C21H36N4O2.HI/c1-6-22-21(25(5)14-19-8-10-26-15-19)24-13-18-7-9-23-20(12-18)27-17(4)11-16(2)3;/h7,9,12,16-17,19H,6,8,10-11,13-15H2,1-5H3,(H,22,24);1H. The Balaban J connectivity index is 0.00000392. The SMILES string of the molecule is CCNC(=NCc1ccnc(OC(C)CC(C)C)c1)N(C)CC1CCOC1.I. The number of ether oxygens (including phenoxy) is 2. The summed E-state index contributed by atoms with van der Waals surface area (Å²) >= 11 is 0. The van der Waals surface area contributed by atoms with Crippen molar-refractivity contribution in [2.45, 2.75) is 53.2 Å². The molecule has 0 spiro atoms. The van der Waals surface area contributed by atoms with Gasteiger partial charge in [0.25, 0.3) is 0 Å². The summed E-state index contributed by atoms with van der Waals surface area (Å²) in [6.45, 7) is 12.7. The summed E-state index contributed by atoms with van der Waals surface area (Å²) in [7, 11) is 2.09. The highest BCUT2D eigenvalue weighted by Gasteiger charge is 2.19. The highest BCUT2D eigenvalue weighted by Crippen LogP contribution is 2.16. The van der Waals surface area contributed by atoms with Crippen LogP contribution in [-0.2, 0) is 11.3 Å². The van der Waals surface area contributed by atoms with Crippen LogP contribution < -0.4 is 10.1 Å². The number of hydrogen-bond donors (Lipinski definition) is 1. The highest BCUT2D eigenvalue weighted by molar-refractivity contribution is 14.0. The van der Waals surface area contributed by atoms with Gasteiger partial charge in [-0.1, -0.05) is 13.8 Å². The number of aliphatic imine (C=N–C) groups is 1. The molecule has 1 aliphatic heterocycles. The summed E-state index contributed by atoms with van der Waals surface area (Å²) in [5, 5.41) is 3.38. The molecule has 0 bridgehead atoms. The van der Waals surface area contributed by atoms with Crippen LogP contribution in [0.5, 0.6) is 5.88 Å². The Morgan fingerprint density at radius 3 is 2.86 bits per heavy atom. The Morgan fingerprint density at radius 2 is 2.21 bits per heavy atom. The van der Waals surface area contributed by atoms with E-state index in [1.165, 1.54) is 0 Å². The molecule has 1 fully saturated rings. The van der Waals surface area contributed by atoms with Gasteiger partial charge in [-0.2, -0.15) is 0 Å². The van der Waals surface area contributed by atoms with Crippen molar-refractivity contribution in [2.75, 3.05) is 33.4 Å². The number of guanidine groups is 1. The molecule has 7 heteroatoms. The van der Waals surface area contributed by atoms with Gasteiger partial charge in [0, 0.05) is 44.9 Å². The average Bonchev–Trinajstić information content (AvgIpc) is 3.11. The summed E-state index contributed by atoms with van der Waals surface area (Å²) in [5.74, 6) is 2.80. The van der Waals surface area contributed by atoms with Gasteiger partial charge in [-0.05, 0) is 44.2 Å². The number of rotatable bonds is 9. The van der Waals surface area contributed by atoms with Gasteiger partial charge in [0.2, 0.25) is 5.88 Å². The van der Waals surface area contributed by atoms with Gasteiger partial charge in [0.1, 0.15) is 0 Å². The molecule has 0 saturated carbocycles. The molecule has 1 N–H and O–H groups in total. The predicted molar refractivity (Wildman–Crippen MR) is 126 cm³/mol. The lowest BCUT2D eigenvalue weighted by Gasteiger charge is -2.24. The molecule has 1 saturated heterocycles. The fourth-order valence-corrected chi connectivity index (χ4v) is 3.37. The molecule has 0 aromatic carbocycles. The summed E-state index contributed by atoms with van der Waals surface area (Å²) in [6.07, 6.45) is 4.11. The Hall–Kier alpha value is -1.09. The van der Waals surface area contributed by atoms with Crippen LogP contribution in [0.3, 0.4) is 0 Å². The van der Waals surface area contributed by atoms with E-state index in [1.54, 1.807) is 6.20 Å². The monoisotopic (exact) mass is 504 g/mol. The summed E-state index contributed by atoms with van der Waals surface area (Å²) in [5.41, 5.74) is 1.10. The Labute approximate surface area is 187 Å². The summed E-state index contributed by atoms with van der Waals surface area (Å²) in [6, 6.07) is 3.99. The highest BCUT2D eigenvalue weighted by atomic mass is 127. The van der Waals surface area contributed by atoms with Gasteiger partial charge in [0.15, 0.2) is 5.96 Å². The molecule has 28 heavy (non-hydrogen) atoms. The normalized spacial score (nSPS) is 17.9. The number of halogens is 1. The van der Waals surface area contributed by atoms with Crippen molar-refractivity contribution in [1.29, 1.82) is 0 Å². The largest absolute Gasteiger partial charge is 0.475 e. The zero-order valence-corrected chi connectivity index (χ0v) is 20.3. The number of aromatic nitrogens is 1. The third-order valence-electron chi connectivity index (χ3n) is 4.59. The fraction of sp³-hybridized carbons (Fsp3) is 0.714. The quantitative estimate of drug-likeness (QED) is 0.314. The molecule has 1 aliphatic rings. The molecular weight excluding hydrogens is 467 g/mol. The Kier molecular flexibility index (Phi) is 11.8. The maximum atomic E-state index is 5.96. The van der Waals surface area contributed by atoms with Crippen LogP contribution in [0.2, 0.25) is 0 Å². The third kappa shape index (κ3) is 8.94.